The fourth-order valence-corrected chi connectivity index (χ4v) is 3.81. The fraction of sp³-hybridized carbons (Fsp3) is 0.409. The third kappa shape index (κ3) is 4.15. The molecule has 32 heavy (non-hydrogen) atoms. The van der Waals surface area contributed by atoms with Gasteiger partial charge in [-0.05, 0) is 24.6 Å². The van der Waals surface area contributed by atoms with E-state index in [1.54, 1.807) is 19.2 Å². The first-order valence-corrected chi connectivity index (χ1v) is 10.3. The van der Waals surface area contributed by atoms with E-state index in [-0.39, 0.29) is 17.2 Å². The van der Waals surface area contributed by atoms with Crippen LogP contribution in [0.25, 0.3) is 11.0 Å². The Morgan fingerprint density at radius 2 is 2.00 bits per heavy atom. The third-order valence-corrected chi connectivity index (χ3v) is 5.70. The predicted molar refractivity (Wildman–Crippen MR) is 117 cm³/mol. The van der Waals surface area contributed by atoms with Gasteiger partial charge in [-0.1, -0.05) is 18.2 Å². The summed E-state index contributed by atoms with van der Waals surface area (Å²) in [7, 11) is 1.66. The molecular formula is C22H25F2N5O3. The molecule has 1 atom stereocenters. The van der Waals surface area contributed by atoms with Crippen molar-refractivity contribution in [2.75, 3.05) is 43.1 Å². The second-order valence-corrected chi connectivity index (χ2v) is 7.81. The van der Waals surface area contributed by atoms with E-state index < -0.39 is 12.5 Å². The molecule has 10 heteroatoms. The number of fused-ring (bicyclic) bond motifs is 1. The summed E-state index contributed by atoms with van der Waals surface area (Å²) in [4.78, 5) is 23.5. The number of nitrogens with zero attached hydrogens (tertiary/aromatic N) is 4. The summed E-state index contributed by atoms with van der Waals surface area (Å²) in [5, 5.41) is 12.9. The zero-order chi connectivity index (χ0) is 22.9. The van der Waals surface area contributed by atoms with Gasteiger partial charge in [0, 0.05) is 31.7 Å². The van der Waals surface area contributed by atoms with Crippen LogP contribution in [-0.4, -0.2) is 52.6 Å². The lowest BCUT2D eigenvalue weighted by atomic mass is 10.0. The van der Waals surface area contributed by atoms with E-state index >= 15 is 0 Å². The average molecular weight is 445 g/mol. The summed E-state index contributed by atoms with van der Waals surface area (Å²) in [5.41, 5.74) is 1.21. The van der Waals surface area contributed by atoms with Crippen molar-refractivity contribution >= 4 is 22.5 Å². The largest absolute Gasteiger partial charge is 0.390 e. The van der Waals surface area contributed by atoms with E-state index in [0.29, 0.717) is 54.4 Å². The first-order chi connectivity index (χ1) is 15.3. The predicted octanol–water partition coefficient (Wildman–Crippen LogP) is 2.42. The highest BCUT2D eigenvalue weighted by Crippen LogP contribution is 2.31. The van der Waals surface area contributed by atoms with Gasteiger partial charge in [0.05, 0.1) is 18.6 Å². The topological polar surface area (TPSA) is 92.5 Å². The molecule has 2 N–H and O–H groups in total. The van der Waals surface area contributed by atoms with Gasteiger partial charge in [0.2, 0.25) is 0 Å². The maximum absolute atomic E-state index is 13.9. The molecule has 0 spiro atoms. The monoisotopic (exact) mass is 445 g/mol. The van der Waals surface area contributed by atoms with Crippen LogP contribution in [0.2, 0.25) is 0 Å². The third-order valence-electron chi connectivity index (χ3n) is 5.70. The minimum absolute atomic E-state index is 0.156. The summed E-state index contributed by atoms with van der Waals surface area (Å²) in [6.45, 7) is 2.88. The molecule has 8 nitrogen and oxygen atoms in total. The molecule has 1 aliphatic rings. The number of benzene rings is 1. The van der Waals surface area contributed by atoms with Crippen LogP contribution in [0.15, 0.2) is 41.5 Å². The van der Waals surface area contributed by atoms with Crippen LogP contribution >= 0.6 is 0 Å². The Labute approximate surface area is 183 Å². The highest BCUT2D eigenvalue weighted by atomic mass is 19.3. The Morgan fingerprint density at radius 3 is 2.72 bits per heavy atom. The van der Waals surface area contributed by atoms with Crippen molar-refractivity contribution in [1.82, 2.24) is 14.5 Å². The molecular weight excluding hydrogens is 420 g/mol. The molecule has 1 aliphatic heterocycles. The van der Waals surface area contributed by atoms with Crippen LogP contribution < -0.4 is 15.8 Å². The van der Waals surface area contributed by atoms with E-state index in [1.807, 2.05) is 11.8 Å². The molecule has 0 bridgehead atoms. The number of nitrogens with one attached hydrogen (secondary N) is 1. The minimum atomic E-state index is -3.32. The van der Waals surface area contributed by atoms with E-state index in [0.717, 1.165) is 0 Å². The van der Waals surface area contributed by atoms with Crippen molar-refractivity contribution < 1.29 is 18.6 Å². The van der Waals surface area contributed by atoms with Gasteiger partial charge < -0.3 is 20.1 Å². The number of halogens is 2. The van der Waals surface area contributed by atoms with Crippen LogP contribution in [0.1, 0.15) is 24.1 Å². The number of alkyl halides is 2. The quantitative estimate of drug-likeness (QED) is 0.602. The van der Waals surface area contributed by atoms with E-state index in [9.17, 15) is 13.6 Å². The lowest BCUT2D eigenvalue weighted by Crippen LogP contribution is -2.40. The maximum atomic E-state index is 13.9. The summed E-state index contributed by atoms with van der Waals surface area (Å²) >= 11 is 0. The van der Waals surface area contributed by atoms with Crippen molar-refractivity contribution in [1.29, 1.82) is 0 Å². The molecule has 3 aromatic rings. The number of hydrogen-bond donors (Lipinski definition) is 2. The molecule has 2 aromatic heterocycles. The molecule has 0 amide bonds. The van der Waals surface area contributed by atoms with E-state index in [4.69, 9.17) is 9.84 Å². The first-order valence-electron chi connectivity index (χ1n) is 10.3. The van der Waals surface area contributed by atoms with Crippen molar-refractivity contribution in [3.8, 4) is 0 Å². The average Bonchev–Trinajstić information content (AvgIpc) is 2.82. The van der Waals surface area contributed by atoms with Gasteiger partial charge in [-0.25, -0.2) is 9.97 Å². The van der Waals surface area contributed by atoms with E-state index in [1.165, 1.54) is 29.1 Å². The maximum Gasteiger partial charge on any atom is 0.295 e. The Kier molecular flexibility index (Phi) is 6.07. The SMILES string of the molecule is C[C@@H](Nc1ncnc2c1cc(N1CCOCC1)c(=O)n2C)c1cccc(C(F)(F)CO)c1. The number of ether oxygens (including phenoxy) is 1. The highest BCUT2D eigenvalue weighted by molar-refractivity contribution is 5.89. The van der Waals surface area contributed by atoms with Crippen molar-refractivity contribution in [2.45, 2.75) is 18.9 Å². The molecule has 0 saturated carbocycles. The molecule has 3 heterocycles. The van der Waals surface area contributed by atoms with Crippen LogP contribution in [0.5, 0.6) is 0 Å². The number of aryl methyl sites for hydroxylation is 1. The smallest absolute Gasteiger partial charge is 0.295 e. The summed E-state index contributed by atoms with van der Waals surface area (Å²) in [6.07, 6.45) is 1.36. The Bertz CT molecular complexity index is 1180. The van der Waals surface area contributed by atoms with Gasteiger partial charge >= 0.3 is 0 Å². The van der Waals surface area contributed by atoms with Crippen LogP contribution in [-0.2, 0) is 17.7 Å². The number of hydrogen-bond acceptors (Lipinski definition) is 7. The fourth-order valence-electron chi connectivity index (χ4n) is 3.81. The zero-order valence-electron chi connectivity index (χ0n) is 17.9. The first kappa shape index (κ1) is 22.1. The van der Waals surface area contributed by atoms with E-state index in [2.05, 4.69) is 15.3 Å². The van der Waals surface area contributed by atoms with Crippen molar-refractivity contribution in [3.63, 3.8) is 0 Å². The number of aliphatic hydroxyl groups is 1. The molecule has 1 fully saturated rings. The number of rotatable bonds is 6. The molecule has 4 rings (SSSR count). The lowest BCUT2D eigenvalue weighted by Gasteiger charge is -2.28. The normalized spacial score (nSPS) is 15.7. The van der Waals surface area contributed by atoms with Crippen molar-refractivity contribution in [2.24, 2.45) is 7.05 Å². The second kappa shape index (κ2) is 8.79. The van der Waals surface area contributed by atoms with Gasteiger partial charge in [0.25, 0.3) is 11.5 Å². The molecule has 0 radical (unpaired) electrons. The number of anilines is 2. The molecule has 0 unspecified atom stereocenters. The Balaban J connectivity index is 1.71. The molecule has 1 saturated heterocycles. The zero-order valence-corrected chi connectivity index (χ0v) is 17.9. The van der Waals surface area contributed by atoms with Crippen LogP contribution in [0, 0.1) is 0 Å². The Morgan fingerprint density at radius 1 is 1.25 bits per heavy atom. The minimum Gasteiger partial charge on any atom is -0.390 e. The number of pyridine rings is 1. The molecule has 0 aliphatic carbocycles. The second-order valence-electron chi connectivity index (χ2n) is 7.81. The summed E-state index contributed by atoms with van der Waals surface area (Å²) in [5.74, 6) is -2.82. The molecule has 170 valence electrons. The molecule has 1 aromatic carbocycles. The van der Waals surface area contributed by atoms with Gasteiger partial charge in [-0.3, -0.25) is 9.36 Å². The van der Waals surface area contributed by atoms with Crippen LogP contribution in [0.4, 0.5) is 20.3 Å². The van der Waals surface area contributed by atoms with Gasteiger partial charge in [-0.15, -0.1) is 0 Å². The highest BCUT2D eigenvalue weighted by Gasteiger charge is 2.30. The van der Waals surface area contributed by atoms with Gasteiger partial charge in [-0.2, -0.15) is 8.78 Å². The Hall–Kier alpha value is -3.11. The lowest BCUT2D eigenvalue weighted by molar-refractivity contribution is -0.0556. The summed E-state index contributed by atoms with van der Waals surface area (Å²) in [6, 6.07) is 7.32. The van der Waals surface area contributed by atoms with Gasteiger partial charge in [0.1, 0.15) is 30.1 Å². The standard InChI is InChI=1S/C22H25F2N5O3/c1-14(15-4-3-5-16(10-15)22(23,24)12-30)27-19-17-11-18(29-6-8-32-9-7-29)21(31)28(2)20(17)26-13-25-19/h3-5,10-11,13-14,30H,6-9,12H2,1-2H3,(H,25,26,27)/t14-/m1/s1. The van der Waals surface area contributed by atoms with Crippen LogP contribution in [0.3, 0.4) is 0 Å². The van der Waals surface area contributed by atoms with Crippen molar-refractivity contribution in [3.05, 3.63) is 58.1 Å². The summed E-state index contributed by atoms with van der Waals surface area (Å²) < 4.78 is 34.7. The number of morpholine rings is 1. The number of aliphatic hydroxyl groups excluding tert-OH is 1. The number of aromatic nitrogens is 3. The van der Waals surface area contributed by atoms with Gasteiger partial charge in [0.15, 0.2) is 0 Å².